The molecule has 0 bridgehead atoms. The molecule has 1 saturated carbocycles. The van der Waals surface area contributed by atoms with E-state index >= 15 is 0 Å². The Labute approximate surface area is 128 Å². The van der Waals surface area contributed by atoms with Crippen LogP contribution in [0.3, 0.4) is 0 Å². The molecule has 114 valence electrons. The van der Waals surface area contributed by atoms with Gasteiger partial charge in [0, 0.05) is 12.5 Å². The molecule has 2 aromatic rings. The van der Waals surface area contributed by atoms with Crippen molar-refractivity contribution in [2.75, 3.05) is 6.54 Å². The summed E-state index contributed by atoms with van der Waals surface area (Å²) in [6.45, 7) is 0.503. The lowest BCUT2D eigenvalue weighted by molar-refractivity contribution is -0.122. The van der Waals surface area contributed by atoms with Crippen LogP contribution in [0.5, 0.6) is 5.75 Å². The lowest BCUT2D eigenvalue weighted by Gasteiger charge is -2.06. The van der Waals surface area contributed by atoms with Gasteiger partial charge >= 0.3 is 0 Å². The molecule has 22 heavy (non-hydrogen) atoms. The Morgan fingerprint density at radius 1 is 1.18 bits per heavy atom. The Kier molecular flexibility index (Phi) is 4.09. The van der Waals surface area contributed by atoms with E-state index in [1.165, 1.54) is 12.1 Å². The van der Waals surface area contributed by atoms with Gasteiger partial charge in [0.2, 0.25) is 5.91 Å². The Hall–Kier alpha value is -2.36. The first-order valence-corrected chi connectivity index (χ1v) is 7.45. The number of rotatable bonds is 5. The normalized spacial score (nSPS) is 19.7. The molecule has 4 heteroatoms. The third-order valence-electron chi connectivity index (χ3n) is 4.11. The molecule has 0 aliphatic heterocycles. The number of aromatic hydroxyl groups is 1. The zero-order chi connectivity index (χ0) is 15.5. The van der Waals surface area contributed by atoms with E-state index in [1.807, 2.05) is 12.1 Å². The third kappa shape index (κ3) is 3.27. The second-order valence-electron chi connectivity index (χ2n) is 5.67. The third-order valence-corrected chi connectivity index (χ3v) is 4.11. The zero-order valence-electron chi connectivity index (χ0n) is 12.1. The second-order valence-corrected chi connectivity index (χ2v) is 5.67. The van der Waals surface area contributed by atoms with Gasteiger partial charge < -0.3 is 10.4 Å². The molecule has 0 spiro atoms. The van der Waals surface area contributed by atoms with Gasteiger partial charge in [-0.15, -0.1) is 0 Å². The largest absolute Gasteiger partial charge is 0.508 e. The first kappa shape index (κ1) is 14.6. The Bertz CT molecular complexity index is 669. The van der Waals surface area contributed by atoms with E-state index in [-0.39, 0.29) is 29.3 Å². The Balaban J connectivity index is 1.48. The highest BCUT2D eigenvalue weighted by Gasteiger charge is 2.43. The van der Waals surface area contributed by atoms with Crippen molar-refractivity contribution in [3.63, 3.8) is 0 Å². The maximum atomic E-state index is 12.9. The standard InChI is InChI=1S/C18H18FNO2/c19-14-7-5-12(6-8-14)15-11-16(15)18(22)20-10-9-13-3-1-2-4-17(13)21/h1-8,15-16,21H,9-11H2,(H,20,22)/t15-,16+/m1/s1. The van der Waals surface area contributed by atoms with Gasteiger partial charge in [-0.05, 0) is 48.1 Å². The summed E-state index contributed by atoms with van der Waals surface area (Å²) in [4.78, 5) is 12.1. The summed E-state index contributed by atoms with van der Waals surface area (Å²) in [5, 5.41) is 12.6. The van der Waals surface area contributed by atoms with Crippen LogP contribution in [-0.2, 0) is 11.2 Å². The molecule has 2 atom stereocenters. The van der Waals surface area contributed by atoms with Gasteiger partial charge in [-0.3, -0.25) is 4.79 Å². The topological polar surface area (TPSA) is 49.3 Å². The van der Waals surface area contributed by atoms with Gasteiger partial charge in [-0.1, -0.05) is 30.3 Å². The molecule has 0 heterocycles. The fraction of sp³-hybridized carbons (Fsp3) is 0.278. The SMILES string of the molecule is O=C(NCCc1ccccc1O)[C@H]1C[C@@H]1c1ccc(F)cc1. The number of hydrogen-bond acceptors (Lipinski definition) is 2. The number of phenolic OH excluding ortho intramolecular Hbond substituents is 1. The molecule has 2 N–H and O–H groups in total. The minimum Gasteiger partial charge on any atom is -0.508 e. The van der Waals surface area contributed by atoms with Gasteiger partial charge in [-0.25, -0.2) is 4.39 Å². The van der Waals surface area contributed by atoms with Gasteiger partial charge in [0.05, 0.1) is 0 Å². The number of para-hydroxylation sites is 1. The van der Waals surface area contributed by atoms with Gasteiger partial charge in [0.25, 0.3) is 0 Å². The summed E-state index contributed by atoms with van der Waals surface area (Å²) < 4.78 is 12.9. The van der Waals surface area contributed by atoms with Crippen LogP contribution in [-0.4, -0.2) is 17.6 Å². The van der Waals surface area contributed by atoms with Gasteiger partial charge in [0.1, 0.15) is 11.6 Å². The van der Waals surface area contributed by atoms with Crippen molar-refractivity contribution >= 4 is 5.91 Å². The summed E-state index contributed by atoms with van der Waals surface area (Å²) in [6, 6.07) is 13.5. The van der Waals surface area contributed by atoms with Crippen molar-refractivity contribution in [1.29, 1.82) is 0 Å². The van der Waals surface area contributed by atoms with E-state index in [4.69, 9.17) is 0 Å². The summed E-state index contributed by atoms with van der Waals surface area (Å²) in [6.07, 6.45) is 1.42. The van der Waals surface area contributed by atoms with Crippen LogP contribution in [0, 0.1) is 11.7 Å². The van der Waals surface area contributed by atoms with Crippen LogP contribution in [0.25, 0.3) is 0 Å². The predicted molar refractivity (Wildman–Crippen MR) is 82.1 cm³/mol. The number of carbonyl (C=O) groups excluding carboxylic acids is 1. The van der Waals surface area contributed by atoms with Crippen molar-refractivity contribution in [3.05, 3.63) is 65.5 Å². The first-order valence-electron chi connectivity index (χ1n) is 7.45. The molecule has 0 saturated heterocycles. The van der Waals surface area contributed by atoms with Crippen LogP contribution >= 0.6 is 0 Å². The quantitative estimate of drug-likeness (QED) is 0.891. The maximum absolute atomic E-state index is 12.9. The average molecular weight is 299 g/mol. The van der Waals surface area contributed by atoms with E-state index in [0.29, 0.717) is 13.0 Å². The van der Waals surface area contributed by atoms with Gasteiger partial charge in [0.15, 0.2) is 0 Å². The van der Waals surface area contributed by atoms with Crippen LogP contribution in [0.15, 0.2) is 48.5 Å². The molecule has 3 rings (SSSR count). The summed E-state index contributed by atoms with van der Waals surface area (Å²) in [5.74, 6) is 0.214. The fourth-order valence-corrected chi connectivity index (χ4v) is 2.74. The van der Waals surface area contributed by atoms with E-state index in [2.05, 4.69) is 5.32 Å². The van der Waals surface area contributed by atoms with Gasteiger partial charge in [-0.2, -0.15) is 0 Å². The molecule has 1 amide bonds. The number of halogens is 1. The smallest absolute Gasteiger partial charge is 0.223 e. The predicted octanol–water partition coefficient (Wildman–Crippen LogP) is 2.99. The second kappa shape index (κ2) is 6.18. The zero-order valence-corrected chi connectivity index (χ0v) is 12.1. The first-order chi connectivity index (χ1) is 10.6. The maximum Gasteiger partial charge on any atom is 0.223 e. The Morgan fingerprint density at radius 2 is 1.91 bits per heavy atom. The molecule has 0 aromatic heterocycles. The minimum atomic E-state index is -0.256. The van der Waals surface area contributed by atoms with Crippen molar-refractivity contribution in [2.24, 2.45) is 5.92 Å². The number of carbonyl (C=O) groups is 1. The van der Waals surface area contributed by atoms with E-state index in [0.717, 1.165) is 17.5 Å². The molecule has 2 aromatic carbocycles. The highest BCUT2D eigenvalue weighted by molar-refractivity contribution is 5.82. The molecule has 1 aliphatic rings. The molecule has 1 fully saturated rings. The lowest BCUT2D eigenvalue weighted by atomic mass is 10.1. The number of phenols is 1. The summed E-state index contributed by atoms with van der Waals surface area (Å²) in [5.41, 5.74) is 1.84. The molecular formula is C18H18FNO2. The van der Waals surface area contributed by atoms with Crippen molar-refractivity contribution in [2.45, 2.75) is 18.8 Å². The van der Waals surface area contributed by atoms with E-state index < -0.39 is 0 Å². The van der Waals surface area contributed by atoms with E-state index in [9.17, 15) is 14.3 Å². The number of amides is 1. The van der Waals surface area contributed by atoms with Crippen LogP contribution < -0.4 is 5.32 Å². The highest BCUT2D eigenvalue weighted by Crippen LogP contribution is 2.47. The minimum absolute atomic E-state index is 0.0187. The van der Waals surface area contributed by atoms with E-state index in [1.54, 1.807) is 24.3 Å². The molecule has 0 radical (unpaired) electrons. The molecule has 1 aliphatic carbocycles. The molecule has 0 unspecified atom stereocenters. The van der Waals surface area contributed by atoms with Crippen molar-refractivity contribution < 1.29 is 14.3 Å². The number of nitrogens with one attached hydrogen (secondary N) is 1. The summed E-state index contributed by atoms with van der Waals surface area (Å²) in [7, 11) is 0. The van der Waals surface area contributed by atoms with Crippen molar-refractivity contribution in [3.8, 4) is 5.75 Å². The molecular weight excluding hydrogens is 281 g/mol. The van der Waals surface area contributed by atoms with Crippen molar-refractivity contribution in [1.82, 2.24) is 5.32 Å². The Morgan fingerprint density at radius 3 is 2.64 bits per heavy atom. The number of hydrogen-bond donors (Lipinski definition) is 2. The number of benzene rings is 2. The van der Waals surface area contributed by atoms with Crippen LogP contribution in [0.1, 0.15) is 23.5 Å². The lowest BCUT2D eigenvalue weighted by Crippen LogP contribution is -2.27. The highest BCUT2D eigenvalue weighted by atomic mass is 19.1. The monoisotopic (exact) mass is 299 g/mol. The molecule has 3 nitrogen and oxygen atoms in total. The summed E-state index contributed by atoms with van der Waals surface area (Å²) >= 11 is 0. The fourth-order valence-electron chi connectivity index (χ4n) is 2.74. The van der Waals surface area contributed by atoms with Crippen LogP contribution in [0.4, 0.5) is 4.39 Å². The average Bonchev–Trinajstić information content (AvgIpc) is 3.30. The van der Waals surface area contributed by atoms with Crippen LogP contribution in [0.2, 0.25) is 0 Å².